The predicted octanol–water partition coefficient (Wildman–Crippen LogP) is -0.199. The number of aryl methyl sites for hydroxylation is 2. The minimum Gasteiger partial charge on any atom is -1.00 e. The third-order valence-electron chi connectivity index (χ3n) is 6.53. The summed E-state index contributed by atoms with van der Waals surface area (Å²) >= 11 is 0. The summed E-state index contributed by atoms with van der Waals surface area (Å²) in [7, 11) is 2.80. The largest absolute Gasteiger partial charge is 1.00 e. The van der Waals surface area contributed by atoms with E-state index in [0.29, 0.717) is 5.69 Å². The molecule has 0 saturated heterocycles. The molecule has 2 aromatic carbocycles. The molecular weight excluding hydrogens is 580 g/mol. The molecule has 0 saturated carbocycles. The maximum atomic E-state index is 13.5. The van der Waals surface area contributed by atoms with Crippen molar-refractivity contribution in [3.05, 3.63) is 82.0 Å². The van der Waals surface area contributed by atoms with E-state index in [9.17, 15) is 14.4 Å². The second kappa shape index (κ2) is 13.3. The van der Waals surface area contributed by atoms with Gasteiger partial charge in [-0.2, -0.15) is 9.67 Å². The van der Waals surface area contributed by atoms with Gasteiger partial charge in [0.2, 0.25) is 30.6 Å². The molecule has 1 aliphatic heterocycles. The molecule has 3 heterocycles. The third-order valence-corrected chi connectivity index (χ3v) is 6.53. The van der Waals surface area contributed by atoms with E-state index in [1.807, 2.05) is 38.1 Å². The fourth-order valence-electron chi connectivity index (χ4n) is 4.49. The lowest BCUT2D eigenvalue weighted by Gasteiger charge is -2.14. The van der Waals surface area contributed by atoms with E-state index < -0.39 is 17.2 Å². The zero-order chi connectivity index (χ0) is 29.8. The summed E-state index contributed by atoms with van der Waals surface area (Å²) in [6.07, 6.45) is 3.23. The highest BCUT2D eigenvalue weighted by atomic mass is 35.5. The van der Waals surface area contributed by atoms with Crippen molar-refractivity contribution >= 4 is 34.2 Å². The molecule has 0 aliphatic carbocycles. The standard InChI is InChI=1S/C30H28N4O8.ClH/c1-17-8-9-18(2)20(12-17)31-30(37)21(32-33-23(36)15-34-10-6-5-7-11-34)13-19-14-22(35)24-25(38-3)28-29(41-16-40-28)27(39-4)26(24)42-19;/h5-12,14H,13,15-16H2,1-4H3,(H-,31,33,36,37);1H. The number of hydrogen-bond acceptors (Lipinski definition) is 9. The van der Waals surface area contributed by atoms with Crippen LogP contribution in [-0.4, -0.2) is 38.5 Å². The van der Waals surface area contributed by atoms with Crippen LogP contribution in [0.4, 0.5) is 5.69 Å². The number of rotatable bonds is 9. The van der Waals surface area contributed by atoms with Gasteiger partial charge in [0, 0.05) is 23.9 Å². The fourth-order valence-corrected chi connectivity index (χ4v) is 4.49. The van der Waals surface area contributed by atoms with Gasteiger partial charge in [0.25, 0.3) is 5.91 Å². The van der Waals surface area contributed by atoms with Crippen molar-refractivity contribution in [2.24, 2.45) is 5.10 Å². The summed E-state index contributed by atoms with van der Waals surface area (Å²) in [6.45, 7) is 3.65. The van der Waals surface area contributed by atoms with E-state index in [-0.39, 0.29) is 77.6 Å². The summed E-state index contributed by atoms with van der Waals surface area (Å²) < 4.78 is 29.8. The number of methoxy groups -OCH3 is 2. The average molecular weight is 609 g/mol. The van der Waals surface area contributed by atoms with Crippen LogP contribution >= 0.6 is 0 Å². The number of hydrogen-bond donors (Lipinski definition) is 2. The summed E-state index contributed by atoms with van der Waals surface area (Å²) in [6, 6.07) is 12.3. The molecule has 0 spiro atoms. The maximum Gasteiger partial charge on any atom is 0.305 e. The van der Waals surface area contributed by atoms with E-state index in [1.165, 1.54) is 20.3 Å². The number of fused-ring (bicyclic) bond motifs is 2. The van der Waals surface area contributed by atoms with Crippen molar-refractivity contribution in [3.63, 3.8) is 0 Å². The van der Waals surface area contributed by atoms with Crippen LogP contribution in [0.2, 0.25) is 0 Å². The molecule has 5 rings (SSSR count). The quantitative estimate of drug-likeness (QED) is 0.151. The van der Waals surface area contributed by atoms with Gasteiger partial charge < -0.3 is 41.1 Å². The van der Waals surface area contributed by atoms with Gasteiger partial charge in [0.15, 0.2) is 29.2 Å². The molecule has 13 heteroatoms. The Kier molecular flexibility index (Phi) is 9.51. The van der Waals surface area contributed by atoms with Crippen molar-refractivity contribution in [1.29, 1.82) is 0 Å². The Labute approximate surface area is 252 Å². The molecule has 0 atom stereocenters. The van der Waals surface area contributed by atoms with E-state index in [2.05, 4.69) is 15.8 Å². The molecule has 0 fully saturated rings. The molecule has 43 heavy (non-hydrogen) atoms. The van der Waals surface area contributed by atoms with Crippen molar-refractivity contribution < 1.29 is 49.9 Å². The van der Waals surface area contributed by atoms with E-state index in [0.717, 1.165) is 11.1 Å². The van der Waals surface area contributed by atoms with Crippen molar-refractivity contribution in [1.82, 2.24) is 5.43 Å². The number of nitrogens with zero attached hydrogens (tertiary/aromatic N) is 2. The van der Waals surface area contributed by atoms with Crippen LogP contribution < -0.4 is 52.1 Å². The van der Waals surface area contributed by atoms with Crippen LogP contribution in [-0.2, 0) is 22.6 Å². The van der Waals surface area contributed by atoms with Gasteiger partial charge in [-0.05, 0) is 31.0 Å². The molecule has 12 nitrogen and oxygen atoms in total. The number of pyridine rings is 1. The third kappa shape index (κ3) is 6.54. The smallest absolute Gasteiger partial charge is 0.305 e. The average Bonchev–Trinajstić information content (AvgIpc) is 3.46. The second-order valence-electron chi connectivity index (χ2n) is 9.50. The Balaban J connectivity index is 0.00000423. The number of hydrazone groups is 1. The van der Waals surface area contributed by atoms with Crippen LogP contribution in [0.3, 0.4) is 0 Å². The first kappa shape index (κ1) is 30.8. The Morgan fingerprint density at radius 2 is 1.70 bits per heavy atom. The Bertz CT molecular complexity index is 1770. The fraction of sp³-hybridized carbons (Fsp3) is 0.233. The van der Waals surface area contributed by atoms with Gasteiger partial charge in [-0.1, -0.05) is 18.2 Å². The monoisotopic (exact) mass is 608 g/mol. The van der Waals surface area contributed by atoms with Crippen molar-refractivity contribution in [2.75, 3.05) is 26.3 Å². The SMILES string of the molecule is COc1c2c(c(OC)c3c(=O)cc(C/C(=N/NC(=O)C[n+]4ccccc4)C(=O)Nc4cc(C)ccc4C)oc13)OCO2.[Cl-]. The zero-order valence-corrected chi connectivity index (χ0v) is 24.6. The lowest BCUT2D eigenvalue weighted by atomic mass is 10.1. The van der Waals surface area contributed by atoms with Crippen LogP contribution in [0, 0.1) is 13.8 Å². The lowest BCUT2D eigenvalue weighted by molar-refractivity contribution is -0.684. The predicted molar refractivity (Wildman–Crippen MR) is 152 cm³/mol. The van der Waals surface area contributed by atoms with E-state index >= 15 is 0 Å². The minimum absolute atomic E-state index is 0. The summed E-state index contributed by atoms with van der Waals surface area (Å²) in [5.41, 5.74) is 4.30. The van der Waals surface area contributed by atoms with Crippen molar-refractivity contribution in [3.8, 4) is 23.0 Å². The van der Waals surface area contributed by atoms with Crippen LogP contribution in [0.15, 0.2) is 69.2 Å². The number of carbonyl (C=O) groups is 2. The van der Waals surface area contributed by atoms with E-state index in [4.69, 9.17) is 23.4 Å². The number of benzene rings is 2. The highest BCUT2D eigenvalue weighted by Gasteiger charge is 2.31. The first-order chi connectivity index (χ1) is 20.3. The summed E-state index contributed by atoms with van der Waals surface area (Å²) in [5.74, 6) is -0.204. The molecule has 4 aromatic rings. The molecule has 0 unspecified atom stereocenters. The lowest BCUT2D eigenvalue weighted by Crippen LogP contribution is -3.00. The Morgan fingerprint density at radius 3 is 2.40 bits per heavy atom. The number of anilines is 1. The maximum absolute atomic E-state index is 13.5. The van der Waals surface area contributed by atoms with Gasteiger partial charge in [-0.15, -0.1) is 0 Å². The number of amides is 2. The molecule has 0 bridgehead atoms. The number of aromatic nitrogens is 1. The van der Waals surface area contributed by atoms with Gasteiger partial charge >= 0.3 is 5.91 Å². The van der Waals surface area contributed by atoms with E-state index in [1.54, 1.807) is 29.1 Å². The number of nitrogens with one attached hydrogen (secondary N) is 2. The Hall–Kier alpha value is -5.10. The number of ether oxygens (including phenoxy) is 4. The second-order valence-corrected chi connectivity index (χ2v) is 9.50. The molecule has 0 radical (unpaired) electrons. The first-order valence-corrected chi connectivity index (χ1v) is 13.0. The van der Waals surface area contributed by atoms with Crippen LogP contribution in [0.1, 0.15) is 16.9 Å². The number of halogens is 1. The highest BCUT2D eigenvalue weighted by Crippen LogP contribution is 2.52. The zero-order valence-electron chi connectivity index (χ0n) is 23.9. The topological polar surface area (TPSA) is 142 Å². The van der Waals surface area contributed by atoms with Crippen molar-refractivity contribution in [2.45, 2.75) is 26.8 Å². The summed E-state index contributed by atoms with van der Waals surface area (Å²) in [5, 5.41) is 7.07. The molecule has 224 valence electrons. The van der Waals surface area contributed by atoms with Crippen LogP contribution in [0.5, 0.6) is 23.0 Å². The number of carbonyl (C=O) groups excluding carboxylic acids is 2. The molecule has 2 amide bonds. The van der Waals surface area contributed by atoms with Gasteiger partial charge in [-0.25, -0.2) is 5.43 Å². The van der Waals surface area contributed by atoms with Gasteiger partial charge in [-0.3, -0.25) is 14.4 Å². The highest BCUT2D eigenvalue weighted by molar-refractivity contribution is 6.43. The molecular formula is C30H29ClN4O8. The van der Waals surface area contributed by atoms with Gasteiger partial charge in [0.1, 0.15) is 16.9 Å². The minimum atomic E-state index is -0.589. The molecule has 1 aliphatic rings. The van der Waals surface area contributed by atoms with Crippen LogP contribution in [0.25, 0.3) is 11.0 Å². The molecule has 2 N–H and O–H groups in total. The van der Waals surface area contributed by atoms with Gasteiger partial charge in [0.05, 0.1) is 20.6 Å². The first-order valence-electron chi connectivity index (χ1n) is 13.0. The summed E-state index contributed by atoms with van der Waals surface area (Å²) in [4.78, 5) is 39.5. The normalized spacial score (nSPS) is 12.0. The molecule has 2 aromatic heterocycles. The Morgan fingerprint density at radius 1 is 1.00 bits per heavy atom.